The number of carbonyl (C=O) groups is 1. The smallest absolute Gasteiger partial charge is 0.257 e. The number of rotatable bonds is 6. The molecule has 1 atom stereocenters. The van der Waals surface area contributed by atoms with Crippen LogP contribution in [0.4, 0.5) is 0 Å². The molecule has 0 saturated heterocycles. The van der Waals surface area contributed by atoms with Crippen LogP contribution < -0.4 is 10.1 Å². The second-order valence-electron chi connectivity index (χ2n) is 4.25. The summed E-state index contributed by atoms with van der Waals surface area (Å²) in [5.41, 5.74) is 1.67. The summed E-state index contributed by atoms with van der Waals surface area (Å²) >= 11 is 0. The van der Waals surface area contributed by atoms with Crippen LogP contribution in [-0.4, -0.2) is 24.2 Å². The summed E-state index contributed by atoms with van der Waals surface area (Å²) in [6, 6.07) is 7.27. The third-order valence-electron chi connectivity index (χ3n) is 2.60. The maximum atomic E-state index is 11.4. The number of hydrogen-bond acceptors (Lipinski definition) is 4. The predicted molar refractivity (Wildman–Crippen MR) is 70.5 cm³/mol. The second-order valence-corrected chi connectivity index (χ2v) is 4.25. The molecular formula is C14H18N2O3. The van der Waals surface area contributed by atoms with E-state index in [1.807, 2.05) is 19.1 Å². The van der Waals surface area contributed by atoms with Crippen LogP contribution in [0, 0.1) is 18.3 Å². The first-order valence-electron chi connectivity index (χ1n) is 6.09. The maximum absolute atomic E-state index is 11.4. The van der Waals surface area contributed by atoms with Crippen LogP contribution in [0.15, 0.2) is 18.2 Å². The van der Waals surface area contributed by atoms with Crippen molar-refractivity contribution in [1.82, 2.24) is 5.32 Å². The molecule has 0 saturated carbocycles. The Hall–Kier alpha value is -2.06. The van der Waals surface area contributed by atoms with Gasteiger partial charge in [-0.05, 0) is 37.1 Å². The number of nitrogens with zero attached hydrogens (tertiary/aromatic N) is 1. The number of aliphatic hydroxyl groups excluding tert-OH is 1. The number of hydrogen-bond donors (Lipinski definition) is 2. The zero-order valence-corrected chi connectivity index (χ0v) is 11.1. The van der Waals surface area contributed by atoms with E-state index in [2.05, 4.69) is 5.32 Å². The Morgan fingerprint density at radius 1 is 1.58 bits per heavy atom. The van der Waals surface area contributed by atoms with Crippen molar-refractivity contribution >= 4 is 5.91 Å². The van der Waals surface area contributed by atoms with Crippen molar-refractivity contribution in [2.45, 2.75) is 26.4 Å². The summed E-state index contributed by atoms with van der Waals surface area (Å²) < 4.78 is 5.39. The molecule has 102 valence electrons. The van der Waals surface area contributed by atoms with Gasteiger partial charge in [0.25, 0.3) is 5.91 Å². The highest BCUT2D eigenvalue weighted by atomic mass is 16.5. The average molecular weight is 262 g/mol. The Bertz CT molecular complexity index is 478. The molecule has 5 nitrogen and oxygen atoms in total. The highest BCUT2D eigenvalue weighted by Gasteiger charge is 2.07. The van der Waals surface area contributed by atoms with Gasteiger partial charge in [0.05, 0.1) is 18.6 Å². The van der Waals surface area contributed by atoms with Gasteiger partial charge >= 0.3 is 0 Å². The number of nitrogens with one attached hydrogen (secondary N) is 1. The van der Waals surface area contributed by atoms with Crippen LogP contribution in [0.3, 0.4) is 0 Å². The molecule has 0 spiro atoms. The summed E-state index contributed by atoms with van der Waals surface area (Å²) in [6.45, 7) is 3.80. The van der Waals surface area contributed by atoms with Gasteiger partial charge in [-0.1, -0.05) is 6.07 Å². The van der Waals surface area contributed by atoms with E-state index in [-0.39, 0.29) is 18.9 Å². The number of amides is 1. The third-order valence-corrected chi connectivity index (χ3v) is 2.60. The van der Waals surface area contributed by atoms with Gasteiger partial charge in [0, 0.05) is 6.54 Å². The molecule has 0 heterocycles. The molecule has 0 radical (unpaired) electrons. The first kappa shape index (κ1) is 15.0. The standard InChI is InChI=1S/C14H18N2O3/c1-10-8-12(11(2)17)4-5-13(10)19-9-14(18)16-7-3-6-15/h4-5,8,11,17H,3,7,9H2,1-2H3,(H,16,18). The number of aliphatic hydroxyl groups is 1. The van der Waals surface area contributed by atoms with Gasteiger partial charge in [-0.2, -0.15) is 5.26 Å². The first-order chi connectivity index (χ1) is 9.04. The molecule has 2 N–H and O–H groups in total. The quantitative estimate of drug-likeness (QED) is 0.760. The van der Waals surface area contributed by atoms with Crippen molar-refractivity contribution in [2.24, 2.45) is 0 Å². The van der Waals surface area contributed by atoms with Gasteiger partial charge in [0.2, 0.25) is 0 Å². The summed E-state index contributed by atoms with van der Waals surface area (Å²) in [5.74, 6) is 0.356. The lowest BCUT2D eigenvalue weighted by atomic mass is 10.1. The summed E-state index contributed by atoms with van der Waals surface area (Å²) in [7, 11) is 0. The van der Waals surface area contributed by atoms with E-state index in [0.717, 1.165) is 11.1 Å². The fourth-order valence-electron chi connectivity index (χ4n) is 1.55. The number of carbonyl (C=O) groups excluding carboxylic acids is 1. The molecule has 0 aliphatic heterocycles. The molecule has 0 bridgehead atoms. The van der Waals surface area contributed by atoms with Gasteiger partial charge in [-0.15, -0.1) is 0 Å². The highest BCUT2D eigenvalue weighted by Crippen LogP contribution is 2.22. The molecule has 1 unspecified atom stereocenters. The lowest BCUT2D eigenvalue weighted by molar-refractivity contribution is -0.123. The Labute approximate surface area is 112 Å². The van der Waals surface area contributed by atoms with E-state index >= 15 is 0 Å². The van der Waals surface area contributed by atoms with Crippen molar-refractivity contribution in [3.8, 4) is 11.8 Å². The molecule has 1 aromatic carbocycles. The number of aryl methyl sites for hydroxylation is 1. The van der Waals surface area contributed by atoms with Gasteiger partial charge in [0.15, 0.2) is 6.61 Å². The van der Waals surface area contributed by atoms with E-state index in [0.29, 0.717) is 12.3 Å². The van der Waals surface area contributed by atoms with Crippen molar-refractivity contribution in [3.05, 3.63) is 29.3 Å². The summed E-state index contributed by atoms with van der Waals surface area (Å²) in [6.07, 6.45) is -0.240. The Morgan fingerprint density at radius 3 is 2.89 bits per heavy atom. The minimum Gasteiger partial charge on any atom is -0.484 e. The number of ether oxygens (including phenoxy) is 1. The van der Waals surface area contributed by atoms with E-state index in [9.17, 15) is 9.90 Å². The first-order valence-corrected chi connectivity index (χ1v) is 6.09. The molecule has 19 heavy (non-hydrogen) atoms. The molecule has 5 heteroatoms. The van der Waals surface area contributed by atoms with Crippen LogP contribution in [0.1, 0.15) is 30.6 Å². The fraction of sp³-hybridized carbons (Fsp3) is 0.429. The van der Waals surface area contributed by atoms with Crippen LogP contribution in [0.5, 0.6) is 5.75 Å². The van der Waals surface area contributed by atoms with E-state index in [1.165, 1.54) is 0 Å². The normalized spacial score (nSPS) is 11.5. The zero-order chi connectivity index (χ0) is 14.3. The van der Waals surface area contributed by atoms with Crippen LogP contribution >= 0.6 is 0 Å². The van der Waals surface area contributed by atoms with Gasteiger partial charge in [-0.3, -0.25) is 4.79 Å². The number of nitriles is 1. The molecule has 0 aliphatic carbocycles. The minimum atomic E-state index is -0.526. The molecule has 1 amide bonds. The SMILES string of the molecule is Cc1cc(C(C)O)ccc1OCC(=O)NCCC#N. The fourth-order valence-corrected chi connectivity index (χ4v) is 1.55. The van der Waals surface area contributed by atoms with Crippen molar-refractivity contribution in [2.75, 3.05) is 13.2 Å². The van der Waals surface area contributed by atoms with Gasteiger partial charge in [-0.25, -0.2) is 0 Å². The van der Waals surface area contributed by atoms with E-state index in [4.69, 9.17) is 10.00 Å². The van der Waals surface area contributed by atoms with Crippen LogP contribution in [0.25, 0.3) is 0 Å². The van der Waals surface area contributed by atoms with Gasteiger partial charge in [0.1, 0.15) is 5.75 Å². The molecule has 0 aromatic heterocycles. The van der Waals surface area contributed by atoms with Crippen LogP contribution in [-0.2, 0) is 4.79 Å². The van der Waals surface area contributed by atoms with E-state index in [1.54, 1.807) is 19.1 Å². The topological polar surface area (TPSA) is 82.3 Å². The maximum Gasteiger partial charge on any atom is 0.257 e. The Kier molecular flexibility index (Phi) is 5.83. The largest absolute Gasteiger partial charge is 0.484 e. The average Bonchev–Trinajstić information content (AvgIpc) is 2.37. The van der Waals surface area contributed by atoms with Crippen molar-refractivity contribution in [3.63, 3.8) is 0 Å². The minimum absolute atomic E-state index is 0.0830. The molecule has 1 aromatic rings. The molecule has 0 aliphatic rings. The lowest BCUT2D eigenvalue weighted by Crippen LogP contribution is -2.29. The summed E-state index contributed by atoms with van der Waals surface area (Å²) in [5, 5.41) is 20.4. The molecule has 1 rings (SSSR count). The monoisotopic (exact) mass is 262 g/mol. The van der Waals surface area contributed by atoms with Crippen molar-refractivity contribution < 1.29 is 14.6 Å². The lowest BCUT2D eigenvalue weighted by Gasteiger charge is -2.11. The van der Waals surface area contributed by atoms with E-state index < -0.39 is 6.10 Å². The Morgan fingerprint density at radius 2 is 2.32 bits per heavy atom. The zero-order valence-electron chi connectivity index (χ0n) is 11.1. The third kappa shape index (κ3) is 4.98. The Balaban J connectivity index is 2.50. The molecular weight excluding hydrogens is 244 g/mol. The second kappa shape index (κ2) is 7.39. The molecule has 0 fully saturated rings. The highest BCUT2D eigenvalue weighted by molar-refractivity contribution is 5.77. The number of benzene rings is 1. The summed E-state index contributed by atoms with van der Waals surface area (Å²) in [4.78, 5) is 11.4. The van der Waals surface area contributed by atoms with Crippen molar-refractivity contribution in [1.29, 1.82) is 5.26 Å². The predicted octanol–water partition coefficient (Wildman–Crippen LogP) is 1.46. The van der Waals surface area contributed by atoms with Gasteiger partial charge < -0.3 is 15.2 Å². The van der Waals surface area contributed by atoms with Crippen LogP contribution in [0.2, 0.25) is 0 Å².